The van der Waals surface area contributed by atoms with Crippen LogP contribution in [-0.2, 0) is 0 Å². The first-order chi connectivity index (χ1) is 8.61. The van der Waals surface area contributed by atoms with Gasteiger partial charge in [-0.1, -0.05) is 35.0 Å². The Morgan fingerprint density at radius 1 is 1.44 bits per heavy atom. The van der Waals surface area contributed by atoms with Crippen molar-refractivity contribution >= 4 is 15.9 Å². The van der Waals surface area contributed by atoms with E-state index in [1.54, 1.807) is 0 Å². The zero-order valence-corrected chi connectivity index (χ0v) is 12.8. The largest absolute Gasteiger partial charge is 0.329 e. The molecule has 2 nitrogen and oxygen atoms in total. The molecule has 0 bridgehead atoms. The first-order valence-electron chi connectivity index (χ1n) is 6.81. The number of hydrogen-bond acceptors (Lipinski definition) is 2. The summed E-state index contributed by atoms with van der Waals surface area (Å²) >= 11 is 3.64. The molecule has 3 heteroatoms. The second kappa shape index (κ2) is 6.18. The summed E-state index contributed by atoms with van der Waals surface area (Å²) in [6.07, 6.45) is 2.81. The number of benzene rings is 1. The summed E-state index contributed by atoms with van der Waals surface area (Å²) in [5.74, 6) is 1.71. The van der Waals surface area contributed by atoms with Gasteiger partial charge in [0.1, 0.15) is 0 Å². The minimum absolute atomic E-state index is 0.251. The van der Waals surface area contributed by atoms with Gasteiger partial charge < -0.3 is 11.1 Å². The van der Waals surface area contributed by atoms with Crippen molar-refractivity contribution in [1.82, 2.24) is 5.32 Å². The second-order valence-corrected chi connectivity index (χ2v) is 6.39. The van der Waals surface area contributed by atoms with Crippen molar-refractivity contribution < 1.29 is 0 Å². The molecule has 0 aliphatic heterocycles. The van der Waals surface area contributed by atoms with Gasteiger partial charge in [-0.25, -0.2) is 0 Å². The quantitative estimate of drug-likeness (QED) is 0.845. The zero-order valence-electron chi connectivity index (χ0n) is 11.2. The predicted octanol–water partition coefficient (Wildman–Crippen LogP) is 3.39. The van der Waals surface area contributed by atoms with Crippen LogP contribution in [0.2, 0.25) is 0 Å². The lowest BCUT2D eigenvalue weighted by atomic mass is 10.0. The van der Waals surface area contributed by atoms with E-state index >= 15 is 0 Å². The highest BCUT2D eigenvalue weighted by Crippen LogP contribution is 2.36. The van der Waals surface area contributed by atoms with Gasteiger partial charge in [0.25, 0.3) is 0 Å². The van der Waals surface area contributed by atoms with Gasteiger partial charge in [0.15, 0.2) is 0 Å². The Kier molecular flexibility index (Phi) is 4.82. The maximum absolute atomic E-state index is 5.91. The number of halogens is 1. The van der Waals surface area contributed by atoms with E-state index in [1.807, 2.05) is 0 Å². The molecule has 0 aromatic heterocycles. The van der Waals surface area contributed by atoms with Gasteiger partial charge in [-0.2, -0.15) is 0 Å². The summed E-state index contributed by atoms with van der Waals surface area (Å²) < 4.78 is 1.16. The monoisotopic (exact) mass is 310 g/mol. The van der Waals surface area contributed by atoms with Gasteiger partial charge in [0.2, 0.25) is 0 Å². The Morgan fingerprint density at radius 2 is 2.17 bits per heavy atom. The van der Waals surface area contributed by atoms with Crippen molar-refractivity contribution in [2.24, 2.45) is 17.6 Å². The molecule has 3 N–H and O–H groups in total. The third-order valence-electron chi connectivity index (χ3n) is 3.88. The minimum atomic E-state index is 0.251. The molecule has 1 aliphatic carbocycles. The Hall–Kier alpha value is -0.380. The van der Waals surface area contributed by atoms with Crippen LogP contribution >= 0.6 is 15.9 Å². The topological polar surface area (TPSA) is 38.0 Å². The average molecular weight is 311 g/mol. The van der Waals surface area contributed by atoms with Crippen molar-refractivity contribution in [3.63, 3.8) is 0 Å². The van der Waals surface area contributed by atoms with Gasteiger partial charge in [-0.05, 0) is 55.3 Å². The van der Waals surface area contributed by atoms with Crippen molar-refractivity contribution in [3.05, 3.63) is 33.8 Å². The Morgan fingerprint density at radius 3 is 2.72 bits per heavy atom. The Bertz CT molecular complexity index is 401. The van der Waals surface area contributed by atoms with Crippen molar-refractivity contribution in [3.8, 4) is 0 Å². The van der Waals surface area contributed by atoms with Crippen LogP contribution in [0.3, 0.4) is 0 Å². The van der Waals surface area contributed by atoms with Crippen LogP contribution in [-0.4, -0.2) is 13.1 Å². The molecular formula is C15H23BrN2. The first-order valence-corrected chi connectivity index (χ1v) is 7.60. The van der Waals surface area contributed by atoms with E-state index in [4.69, 9.17) is 5.73 Å². The summed E-state index contributed by atoms with van der Waals surface area (Å²) in [6.45, 7) is 6.14. The Labute approximate surface area is 118 Å². The lowest BCUT2D eigenvalue weighted by Crippen LogP contribution is -2.32. The van der Waals surface area contributed by atoms with Gasteiger partial charge in [-0.3, -0.25) is 0 Å². The summed E-state index contributed by atoms with van der Waals surface area (Å²) in [4.78, 5) is 0. The fraction of sp³-hybridized carbons (Fsp3) is 0.600. The summed E-state index contributed by atoms with van der Waals surface area (Å²) in [5.41, 5.74) is 8.45. The maximum Gasteiger partial charge on any atom is 0.0455 e. The molecule has 1 saturated carbocycles. The van der Waals surface area contributed by atoms with E-state index in [0.717, 1.165) is 22.9 Å². The van der Waals surface area contributed by atoms with E-state index in [0.29, 0.717) is 6.54 Å². The van der Waals surface area contributed by atoms with Crippen LogP contribution in [0.25, 0.3) is 0 Å². The molecule has 1 aromatic carbocycles. The van der Waals surface area contributed by atoms with E-state index in [9.17, 15) is 0 Å². The molecule has 1 aromatic rings. The third kappa shape index (κ3) is 3.56. The summed E-state index contributed by atoms with van der Waals surface area (Å²) in [5, 5.41) is 3.61. The molecule has 0 saturated heterocycles. The van der Waals surface area contributed by atoms with Crippen LogP contribution in [0.15, 0.2) is 22.7 Å². The van der Waals surface area contributed by atoms with Crippen molar-refractivity contribution in [2.75, 3.05) is 13.1 Å². The lowest BCUT2D eigenvalue weighted by molar-refractivity contribution is 0.422. The molecule has 100 valence electrons. The predicted molar refractivity (Wildman–Crippen MR) is 80.6 cm³/mol. The zero-order chi connectivity index (χ0) is 13.1. The number of hydrogen-bond donors (Lipinski definition) is 2. The Balaban J connectivity index is 1.98. The van der Waals surface area contributed by atoms with Crippen LogP contribution in [0.5, 0.6) is 0 Å². The van der Waals surface area contributed by atoms with Gasteiger partial charge in [0.05, 0.1) is 0 Å². The average Bonchev–Trinajstić information content (AvgIpc) is 3.15. The van der Waals surface area contributed by atoms with E-state index in [2.05, 4.69) is 53.3 Å². The molecule has 0 spiro atoms. The second-order valence-electron chi connectivity index (χ2n) is 5.54. The fourth-order valence-corrected chi connectivity index (χ4v) is 3.16. The van der Waals surface area contributed by atoms with E-state index in [1.165, 1.54) is 24.0 Å². The molecule has 0 amide bonds. The van der Waals surface area contributed by atoms with E-state index in [-0.39, 0.29) is 6.04 Å². The molecule has 2 rings (SSSR count). The number of rotatable bonds is 6. The van der Waals surface area contributed by atoms with Crippen LogP contribution in [0.1, 0.15) is 36.9 Å². The molecular weight excluding hydrogens is 288 g/mol. The fourth-order valence-electron chi connectivity index (χ4n) is 2.40. The smallest absolute Gasteiger partial charge is 0.0455 e. The van der Waals surface area contributed by atoms with Gasteiger partial charge in [0, 0.05) is 17.1 Å². The lowest BCUT2D eigenvalue weighted by Gasteiger charge is -2.21. The SMILES string of the molecule is Cc1ccc(C(CN)NCC(C)C2CC2)c(Br)c1. The van der Waals surface area contributed by atoms with Gasteiger partial charge in [-0.15, -0.1) is 0 Å². The van der Waals surface area contributed by atoms with Crippen molar-refractivity contribution in [2.45, 2.75) is 32.7 Å². The highest BCUT2D eigenvalue weighted by molar-refractivity contribution is 9.10. The number of nitrogens with one attached hydrogen (secondary N) is 1. The minimum Gasteiger partial charge on any atom is -0.329 e. The van der Waals surface area contributed by atoms with Crippen LogP contribution in [0.4, 0.5) is 0 Å². The first kappa shape index (κ1) is 14.0. The van der Waals surface area contributed by atoms with E-state index < -0.39 is 0 Å². The maximum atomic E-state index is 5.91. The highest BCUT2D eigenvalue weighted by atomic mass is 79.9. The molecule has 1 fully saturated rings. The normalized spacial score (nSPS) is 18.7. The standard InChI is InChI=1S/C15H23BrN2/c1-10-3-6-13(14(16)7-10)15(8-17)18-9-11(2)12-4-5-12/h3,6-7,11-12,15,18H,4-5,8-9,17H2,1-2H3. The van der Waals surface area contributed by atoms with Gasteiger partial charge >= 0.3 is 0 Å². The number of aryl methyl sites for hydroxylation is 1. The summed E-state index contributed by atoms with van der Waals surface area (Å²) in [7, 11) is 0. The molecule has 1 aliphatic rings. The summed E-state index contributed by atoms with van der Waals surface area (Å²) in [6, 6.07) is 6.73. The number of nitrogens with two attached hydrogens (primary N) is 1. The van der Waals surface area contributed by atoms with Crippen LogP contribution < -0.4 is 11.1 Å². The molecule has 18 heavy (non-hydrogen) atoms. The molecule has 2 unspecified atom stereocenters. The third-order valence-corrected chi connectivity index (χ3v) is 4.57. The molecule has 0 radical (unpaired) electrons. The van der Waals surface area contributed by atoms with Crippen LogP contribution in [0, 0.1) is 18.8 Å². The van der Waals surface area contributed by atoms with Crippen molar-refractivity contribution in [1.29, 1.82) is 0 Å². The molecule has 2 atom stereocenters. The highest BCUT2D eigenvalue weighted by Gasteiger charge is 2.28. The molecule has 0 heterocycles.